The summed E-state index contributed by atoms with van der Waals surface area (Å²) in [5.74, 6) is -0.927. The van der Waals surface area contributed by atoms with Crippen molar-refractivity contribution < 1.29 is 13.9 Å². The number of benzene rings is 1. The molecule has 0 amide bonds. The average molecular weight is 328 g/mol. The molecule has 1 aliphatic rings. The predicted octanol–water partition coefficient (Wildman–Crippen LogP) is 3.52. The SMILES string of the molecule is CCCN1C(C(C)C)=C(Sc2cc(F)cc(F)c2)NC1CO. The first-order valence-corrected chi connectivity index (χ1v) is 8.30. The highest BCUT2D eigenvalue weighted by molar-refractivity contribution is 8.03. The Morgan fingerprint density at radius 1 is 1.27 bits per heavy atom. The molecule has 122 valence electrons. The minimum Gasteiger partial charge on any atom is -0.392 e. The van der Waals surface area contributed by atoms with E-state index in [0.717, 1.165) is 29.8 Å². The zero-order chi connectivity index (χ0) is 16.3. The van der Waals surface area contributed by atoms with E-state index in [4.69, 9.17) is 0 Å². The van der Waals surface area contributed by atoms with Crippen molar-refractivity contribution in [1.29, 1.82) is 0 Å². The normalized spacial score (nSPS) is 18.3. The van der Waals surface area contributed by atoms with Gasteiger partial charge in [-0.05, 0) is 24.5 Å². The summed E-state index contributed by atoms with van der Waals surface area (Å²) in [6, 6.07) is 3.50. The second-order valence-corrected chi connectivity index (χ2v) is 6.70. The van der Waals surface area contributed by atoms with E-state index in [-0.39, 0.29) is 18.7 Å². The lowest BCUT2D eigenvalue weighted by Crippen LogP contribution is -2.41. The molecule has 0 radical (unpaired) electrons. The molecule has 0 aliphatic carbocycles. The standard InChI is InChI=1S/C16H22F2N2OS/c1-4-5-20-14(9-21)19-16(15(20)10(2)3)22-13-7-11(17)6-12(18)8-13/h6-8,10,14,19,21H,4-5,9H2,1-3H3. The Bertz CT molecular complexity index is 543. The first kappa shape index (κ1) is 17.1. The van der Waals surface area contributed by atoms with Gasteiger partial charge in [0.05, 0.1) is 11.6 Å². The van der Waals surface area contributed by atoms with E-state index in [1.807, 2.05) is 0 Å². The fraction of sp³-hybridized carbons (Fsp3) is 0.500. The van der Waals surface area contributed by atoms with Gasteiger partial charge in [-0.3, -0.25) is 0 Å². The number of nitrogens with zero attached hydrogens (tertiary/aromatic N) is 1. The van der Waals surface area contributed by atoms with Crippen LogP contribution in [0.5, 0.6) is 0 Å². The Hall–Kier alpha value is -1.27. The van der Waals surface area contributed by atoms with Crippen LogP contribution in [-0.4, -0.2) is 29.3 Å². The van der Waals surface area contributed by atoms with Crippen LogP contribution in [0.1, 0.15) is 27.2 Å². The summed E-state index contributed by atoms with van der Waals surface area (Å²) in [4.78, 5) is 2.65. The largest absolute Gasteiger partial charge is 0.392 e. The number of rotatable bonds is 6. The molecule has 0 saturated carbocycles. The van der Waals surface area contributed by atoms with Crippen LogP contribution in [0.2, 0.25) is 0 Å². The average Bonchev–Trinajstić information content (AvgIpc) is 2.75. The van der Waals surface area contributed by atoms with E-state index >= 15 is 0 Å². The van der Waals surface area contributed by atoms with Crippen molar-refractivity contribution in [2.24, 2.45) is 5.92 Å². The number of aliphatic hydroxyl groups is 1. The number of hydrogen-bond donors (Lipinski definition) is 2. The third-order valence-corrected chi connectivity index (χ3v) is 4.46. The van der Waals surface area contributed by atoms with Crippen LogP contribution >= 0.6 is 11.8 Å². The molecule has 2 rings (SSSR count). The molecule has 1 aromatic carbocycles. The second kappa shape index (κ2) is 7.33. The topological polar surface area (TPSA) is 35.5 Å². The minimum absolute atomic E-state index is 0.0161. The maximum Gasteiger partial charge on any atom is 0.127 e. The number of thioether (sulfide) groups is 1. The van der Waals surface area contributed by atoms with Gasteiger partial charge in [-0.1, -0.05) is 32.5 Å². The lowest BCUT2D eigenvalue weighted by Gasteiger charge is -2.29. The minimum atomic E-state index is -0.587. The molecular weight excluding hydrogens is 306 g/mol. The number of nitrogens with one attached hydrogen (secondary N) is 1. The first-order valence-electron chi connectivity index (χ1n) is 7.48. The molecule has 0 spiro atoms. The molecule has 1 unspecified atom stereocenters. The van der Waals surface area contributed by atoms with E-state index in [0.29, 0.717) is 4.90 Å². The van der Waals surface area contributed by atoms with Gasteiger partial charge in [0.2, 0.25) is 0 Å². The zero-order valence-corrected chi connectivity index (χ0v) is 13.9. The van der Waals surface area contributed by atoms with Crippen molar-refractivity contribution in [2.45, 2.75) is 38.3 Å². The van der Waals surface area contributed by atoms with Crippen LogP contribution in [0, 0.1) is 17.6 Å². The van der Waals surface area contributed by atoms with Gasteiger partial charge < -0.3 is 15.3 Å². The first-order chi connectivity index (χ1) is 10.5. The molecule has 0 bridgehead atoms. The Balaban J connectivity index is 2.32. The molecule has 1 heterocycles. The Morgan fingerprint density at radius 3 is 2.41 bits per heavy atom. The highest BCUT2D eigenvalue weighted by Crippen LogP contribution is 2.37. The van der Waals surface area contributed by atoms with Crippen molar-refractivity contribution in [3.63, 3.8) is 0 Å². The van der Waals surface area contributed by atoms with Gasteiger partial charge in [0, 0.05) is 23.2 Å². The van der Waals surface area contributed by atoms with E-state index < -0.39 is 11.6 Å². The molecular formula is C16H22F2N2OS. The molecule has 0 fully saturated rings. The molecule has 0 saturated heterocycles. The Morgan fingerprint density at radius 2 is 1.91 bits per heavy atom. The van der Waals surface area contributed by atoms with Crippen LogP contribution in [0.4, 0.5) is 8.78 Å². The van der Waals surface area contributed by atoms with Crippen LogP contribution in [0.15, 0.2) is 33.8 Å². The highest BCUT2D eigenvalue weighted by atomic mass is 32.2. The van der Waals surface area contributed by atoms with Crippen molar-refractivity contribution in [3.05, 3.63) is 40.6 Å². The molecule has 1 atom stereocenters. The van der Waals surface area contributed by atoms with Crippen molar-refractivity contribution in [2.75, 3.05) is 13.2 Å². The van der Waals surface area contributed by atoms with Crippen LogP contribution in [0.25, 0.3) is 0 Å². The number of hydrogen-bond acceptors (Lipinski definition) is 4. The van der Waals surface area contributed by atoms with E-state index in [9.17, 15) is 13.9 Å². The van der Waals surface area contributed by atoms with Gasteiger partial charge in [0.15, 0.2) is 0 Å². The predicted molar refractivity (Wildman–Crippen MR) is 85.1 cm³/mol. The van der Waals surface area contributed by atoms with Crippen molar-refractivity contribution in [3.8, 4) is 0 Å². The van der Waals surface area contributed by atoms with E-state index in [1.165, 1.54) is 23.9 Å². The van der Waals surface area contributed by atoms with Crippen molar-refractivity contribution in [1.82, 2.24) is 10.2 Å². The lowest BCUT2D eigenvalue weighted by atomic mass is 10.1. The quantitative estimate of drug-likeness (QED) is 0.838. The monoisotopic (exact) mass is 328 g/mol. The van der Waals surface area contributed by atoms with Gasteiger partial charge in [0.1, 0.15) is 17.8 Å². The fourth-order valence-corrected chi connectivity index (χ4v) is 3.88. The maximum absolute atomic E-state index is 13.4. The van der Waals surface area contributed by atoms with Gasteiger partial charge in [0.25, 0.3) is 0 Å². The Labute approximate surface area is 134 Å². The van der Waals surface area contributed by atoms with Crippen molar-refractivity contribution >= 4 is 11.8 Å². The number of allylic oxidation sites excluding steroid dienone is 1. The molecule has 1 aromatic rings. The molecule has 0 aromatic heterocycles. The van der Waals surface area contributed by atoms with E-state index in [2.05, 4.69) is 31.0 Å². The highest BCUT2D eigenvalue weighted by Gasteiger charge is 2.32. The third kappa shape index (κ3) is 3.73. The fourth-order valence-electron chi connectivity index (χ4n) is 2.64. The Kier molecular flexibility index (Phi) is 5.69. The summed E-state index contributed by atoms with van der Waals surface area (Å²) in [6.45, 7) is 7.04. The van der Waals surface area contributed by atoms with Crippen LogP contribution in [0.3, 0.4) is 0 Å². The van der Waals surface area contributed by atoms with Gasteiger partial charge in [-0.15, -0.1) is 0 Å². The summed E-state index contributed by atoms with van der Waals surface area (Å²) in [5, 5.41) is 13.7. The maximum atomic E-state index is 13.4. The van der Waals surface area contributed by atoms with Gasteiger partial charge in [-0.2, -0.15) is 0 Å². The summed E-state index contributed by atoms with van der Waals surface area (Å²) < 4.78 is 26.7. The van der Waals surface area contributed by atoms with Crippen LogP contribution < -0.4 is 5.32 Å². The van der Waals surface area contributed by atoms with Crippen LogP contribution in [-0.2, 0) is 0 Å². The third-order valence-electron chi connectivity index (χ3n) is 3.46. The smallest absolute Gasteiger partial charge is 0.127 e. The summed E-state index contributed by atoms with van der Waals surface area (Å²) in [7, 11) is 0. The number of aliphatic hydroxyl groups excluding tert-OH is 1. The lowest BCUT2D eigenvalue weighted by molar-refractivity contribution is 0.148. The zero-order valence-electron chi connectivity index (χ0n) is 13.1. The summed E-state index contributed by atoms with van der Waals surface area (Å²) in [5.41, 5.74) is 1.08. The molecule has 6 heteroatoms. The number of halogens is 2. The van der Waals surface area contributed by atoms with E-state index in [1.54, 1.807) is 0 Å². The second-order valence-electron chi connectivity index (χ2n) is 5.61. The summed E-state index contributed by atoms with van der Waals surface area (Å²) in [6.07, 6.45) is 0.777. The van der Waals surface area contributed by atoms with Gasteiger partial charge >= 0.3 is 0 Å². The molecule has 1 aliphatic heterocycles. The molecule has 2 N–H and O–H groups in total. The molecule has 3 nitrogen and oxygen atoms in total. The van der Waals surface area contributed by atoms with Gasteiger partial charge in [-0.25, -0.2) is 8.78 Å². The summed E-state index contributed by atoms with van der Waals surface area (Å²) >= 11 is 1.30. The molecule has 22 heavy (non-hydrogen) atoms.